The summed E-state index contributed by atoms with van der Waals surface area (Å²) in [4.78, 5) is 4.22. The average Bonchev–Trinajstić information content (AvgIpc) is 3.07. The molecule has 0 amide bonds. The smallest absolute Gasteiger partial charge is 0.184 e. The number of benzene rings is 1. The zero-order chi connectivity index (χ0) is 19.9. The molecule has 28 heavy (non-hydrogen) atoms. The molecule has 2 aliphatic rings. The van der Waals surface area contributed by atoms with E-state index in [9.17, 15) is 9.50 Å². The number of aromatic nitrogens is 2. The van der Waals surface area contributed by atoms with Crippen molar-refractivity contribution in [1.82, 2.24) is 14.7 Å². The maximum Gasteiger partial charge on any atom is 0.184 e. The summed E-state index contributed by atoms with van der Waals surface area (Å²) in [6, 6.07) is 4.30. The van der Waals surface area contributed by atoms with Crippen molar-refractivity contribution in [2.75, 3.05) is 36.5 Å². The monoisotopic (exact) mass is 409 g/mol. The fraction of sp³-hybridized carbons (Fsp3) is 0.526. The highest BCUT2D eigenvalue weighted by atomic mass is 35.5. The lowest BCUT2D eigenvalue weighted by atomic mass is 10.1. The van der Waals surface area contributed by atoms with Crippen molar-refractivity contribution in [3.63, 3.8) is 0 Å². The second-order valence-electron chi connectivity index (χ2n) is 7.85. The van der Waals surface area contributed by atoms with Gasteiger partial charge in [0.25, 0.3) is 0 Å². The Morgan fingerprint density at radius 1 is 1.32 bits per heavy atom. The molecular weight excluding hydrogens is 385 g/mol. The van der Waals surface area contributed by atoms with Gasteiger partial charge in [0, 0.05) is 31.9 Å². The Hall–Kier alpha value is -1.87. The molecule has 7 nitrogen and oxygen atoms in total. The molecule has 0 bridgehead atoms. The van der Waals surface area contributed by atoms with Gasteiger partial charge in [0.05, 0.1) is 41.4 Å². The predicted molar refractivity (Wildman–Crippen MR) is 106 cm³/mol. The molecule has 3 heterocycles. The van der Waals surface area contributed by atoms with Gasteiger partial charge in [-0.05, 0) is 32.0 Å². The average molecular weight is 410 g/mol. The number of anilines is 2. The normalized spacial score (nSPS) is 20.7. The van der Waals surface area contributed by atoms with Gasteiger partial charge in [-0.15, -0.1) is 0 Å². The number of ether oxygens (including phenoxy) is 1. The van der Waals surface area contributed by atoms with Crippen LogP contribution >= 0.6 is 11.6 Å². The third kappa shape index (κ3) is 3.96. The van der Waals surface area contributed by atoms with Crippen molar-refractivity contribution in [3.05, 3.63) is 40.9 Å². The van der Waals surface area contributed by atoms with Crippen molar-refractivity contribution in [2.45, 2.75) is 38.9 Å². The van der Waals surface area contributed by atoms with Crippen molar-refractivity contribution < 1.29 is 14.2 Å². The van der Waals surface area contributed by atoms with E-state index in [0.29, 0.717) is 31.9 Å². The Morgan fingerprint density at radius 3 is 2.89 bits per heavy atom. The van der Waals surface area contributed by atoms with Crippen LogP contribution in [-0.2, 0) is 17.8 Å². The number of aliphatic hydroxyl groups is 1. The summed E-state index contributed by atoms with van der Waals surface area (Å²) in [6.07, 6.45) is 0.985. The first-order valence-electron chi connectivity index (χ1n) is 9.40. The number of aliphatic hydroxyl groups excluding tert-OH is 1. The molecule has 0 radical (unpaired) electrons. The van der Waals surface area contributed by atoms with Crippen LogP contribution in [0.3, 0.4) is 0 Å². The molecule has 152 valence electrons. The Morgan fingerprint density at radius 2 is 2.14 bits per heavy atom. The first kappa shape index (κ1) is 19.4. The molecule has 2 N–H and O–H groups in total. The van der Waals surface area contributed by atoms with E-state index < -0.39 is 12.2 Å². The molecule has 1 aromatic carbocycles. The maximum atomic E-state index is 13.3. The van der Waals surface area contributed by atoms with Gasteiger partial charge in [-0.25, -0.2) is 4.39 Å². The third-order valence-corrected chi connectivity index (χ3v) is 5.50. The number of hydrogen-bond donors (Lipinski definition) is 2. The standard InChI is InChI=1S/C19H25ClFN5O2/c1-19(2)12-25(7-8-28-19)16-10-22-26-6-5-24(11-17(16)26)18(27)23-13-3-4-15(21)14(20)9-13/h3-4,9-10,18,23,27H,5-8,11-12H2,1-2H3. The van der Waals surface area contributed by atoms with Crippen molar-refractivity contribution in [1.29, 1.82) is 0 Å². The van der Waals surface area contributed by atoms with Crippen LogP contribution in [0, 0.1) is 5.82 Å². The SMILES string of the molecule is CC1(C)CN(c2cnn3c2CN(C(O)Nc2ccc(F)c(Cl)c2)CC3)CCO1. The van der Waals surface area contributed by atoms with E-state index in [-0.39, 0.29) is 10.6 Å². The van der Waals surface area contributed by atoms with Gasteiger partial charge in [0.15, 0.2) is 6.35 Å². The van der Waals surface area contributed by atoms with Crippen LogP contribution in [-0.4, -0.2) is 58.0 Å². The molecule has 1 saturated heterocycles. The highest BCUT2D eigenvalue weighted by Crippen LogP contribution is 2.29. The summed E-state index contributed by atoms with van der Waals surface area (Å²) in [6.45, 7) is 8.34. The molecule has 1 aromatic heterocycles. The molecule has 4 rings (SSSR count). The summed E-state index contributed by atoms with van der Waals surface area (Å²) >= 11 is 5.83. The van der Waals surface area contributed by atoms with E-state index in [1.807, 2.05) is 15.8 Å². The summed E-state index contributed by atoms with van der Waals surface area (Å²) in [7, 11) is 0. The Balaban J connectivity index is 1.48. The van der Waals surface area contributed by atoms with Crippen molar-refractivity contribution in [3.8, 4) is 0 Å². The molecule has 0 aliphatic carbocycles. The van der Waals surface area contributed by atoms with Crippen LogP contribution in [0.25, 0.3) is 0 Å². The summed E-state index contributed by atoms with van der Waals surface area (Å²) < 4.78 is 21.2. The molecule has 9 heteroatoms. The maximum absolute atomic E-state index is 13.3. The molecule has 0 spiro atoms. The fourth-order valence-electron chi connectivity index (χ4n) is 3.77. The Bertz CT molecular complexity index is 859. The third-order valence-electron chi connectivity index (χ3n) is 5.21. The fourth-order valence-corrected chi connectivity index (χ4v) is 3.95. The number of hydrogen-bond acceptors (Lipinski definition) is 6. The summed E-state index contributed by atoms with van der Waals surface area (Å²) in [5.41, 5.74) is 2.51. The summed E-state index contributed by atoms with van der Waals surface area (Å²) in [5, 5.41) is 18.2. The largest absolute Gasteiger partial charge is 0.372 e. The molecule has 1 atom stereocenters. The quantitative estimate of drug-likeness (QED) is 0.756. The number of nitrogens with one attached hydrogen (secondary N) is 1. The van der Waals surface area contributed by atoms with Crippen LogP contribution < -0.4 is 10.2 Å². The van der Waals surface area contributed by atoms with E-state index in [1.54, 1.807) is 6.07 Å². The van der Waals surface area contributed by atoms with Crippen LogP contribution in [0.5, 0.6) is 0 Å². The van der Waals surface area contributed by atoms with E-state index in [0.717, 1.165) is 24.5 Å². The molecule has 2 aliphatic heterocycles. The predicted octanol–water partition coefficient (Wildman–Crippen LogP) is 2.49. The topological polar surface area (TPSA) is 65.8 Å². The summed E-state index contributed by atoms with van der Waals surface area (Å²) in [5.74, 6) is -0.485. The number of rotatable bonds is 4. The van der Waals surface area contributed by atoms with Gasteiger partial charge in [-0.2, -0.15) is 5.10 Å². The van der Waals surface area contributed by atoms with Crippen molar-refractivity contribution >= 4 is 23.0 Å². The van der Waals surface area contributed by atoms with Gasteiger partial charge in [-0.3, -0.25) is 9.58 Å². The second-order valence-corrected chi connectivity index (χ2v) is 8.25. The highest BCUT2D eigenvalue weighted by Gasteiger charge is 2.32. The first-order chi connectivity index (χ1) is 13.3. The number of nitrogens with zero attached hydrogens (tertiary/aromatic N) is 4. The van der Waals surface area contributed by atoms with E-state index in [4.69, 9.17) is 16.3 Å². The molecule has 1 fully saturated rings. The lowest BCUT2D eigenvalue weighted by Crippen LogP contribution is -2.49. The van der Waals surface area contributed by atoms with Gasteiger partial charge in [0.1, 0.15) is 5.82 Å². The minimum Gasteiger partial charge on any atom is -0.372 e. The minimum atomic E-state index is -0.917. The Labute approximate surface area is 168 Å². The van der Waals surface area contributed by atoms with Crippen LogP contribution in [0.15, 0.2) is 24.4 Å². The van der Waals surface area contributed by atoms with Crippen molar-refractivity contribution in [2.24, 2.45) is 0 Å². The molecule has 1 unspecified atom stereocenters. The number of morpholine rings is 1. The lowest BCUT2D eigenvalue weighted by molar-refractivity contribution is -0.0280. The number of halogens is 2. The van der Waals surface area contributed by atoms with E-state index in [2.05, 4.69) is 29.2 Å². The zero-order valence-corrected chi connectivity index (χ0v) is 16.8. The first-order valence-corrected chi connectivity index (χ1v) is 9.77. The van der Waals surface area contributed by atoms with E-state index >= 15 is 0 Å². The minimum absolute atomic E-state index is 0.0196. The van der Waals surface area contributed by atoms with Gasteiger partial charge in [-0.1, -0.05) is 11.6 Å². The van der Waals surface area contributed by atoms with Gasteiger partial charge in [0.2, 0.25) is 0 Å². The Kier molecular flexibility index (Phi) is 5.22. The second kappa shape index (κ2) is 7.51. The number of fused-ring (bicyclic) bond motifs is 1. The molecular formula is C19H25ClFN5O2. The van der Waals surface area contributed by atoms with Crippen LogP contribution in [0.4, 0.5) is 15.8 Å². The van der Waals surface area contributed by atoms with Gasteiger partial charge < -0.3 is 20.1 Å². The van der Waals surface area contributed by atoms with E-state index in [1.165, 1.54) is 12.1 Å². The molecule has 2 aromatic rings. The van der Waals surface area contributed by atoms with Gasteiger partial charge >= 0.3 is 0 Å². The van der Waals surface area contributed by atoms with Crippen LogP contribution in [0.1, 0.15) is 19.5 Å². The zero-order valence-electron chi connectivity index (χ0n) is 16.0. The molecule has 0 saturated carbocycles. The lowest BCUT2D eigenvalue weighted by Gasteiger charge is -2.40. The van der Waals surface area contributed by atoms with Crippen LogP contribution in [0.2, 0.25) is 5.02 Å². The highest BCUT2D eigenvalue weighted by molar-refractivity contribution is 6.31.